The maximum Gasteiger partial charge on any atom is 0.251 e. The number of fused-ring (bicyclic) bond motifs is 1. The molecule has 1 amide bonds. The van der Waals surface area contributed by atoms with Crippen molar-refractivity contribution in [1.82, 2.24) is 14.9 Å². The number of carbonyl (C=O) groups is 1. The molecule has 1 atom stereocenters. The monoisotopic (exact) mass is 447 g/mol. The average Bonchev–Trinajstić information content (AvgIpc) is 3.09. The van der Waals surface area contributed by atoms with E-state index in [1.165, 1.54) is 5.56 Å². The summed E-state index contributed by atoms with van der Waals surface area (Å²) in [4.78, 5) is 17.5. The number of imidazole rings is 1. The molecule has 4 aromatic rings. The zero-order valence-electron chi connectivity index (χ0n) is 16.4. The van der Waals surface area contributed by atoms with Crippen LogP contribution in [-0.2, 0) is 6.54 Å². The molecule has 0 aliphatic rings. The van der Waals surface area contributed by atoms with E-state index in [0.29, 0.717) is 12.1 Å². The van der Waals surface area contributed by atoms with Gasteiger partial charge < -0.3 is 9.88 Å². The van der Waals surface area contributed by atoms with Crippen LogP contribution in [0.5, 0.6) is 0 Å². The standard InChI is InChI=1S/C24H22BrN3O/c1-16-7-11-19(12-8-16)24(29)26-17(2)23-27-21-5-3-4-6-22(21)28(23)15-18-9-13-20(25)14-10-18/h3-14,17H,15H2,1-2H3,(H,26,29). The third-order valence-corrected chi connectivity index (χ3v) is 5.52. The Balaban J connectivity index is 1.65. The molecule has 1 unspecified atom stereocenters. The van der Waals surface area contributed by atoms with Gasteiger partial charge in [-0.15, -0.1) is 0 Å². The first-order valence-corrected chi connectivity index (χ1v) is 10.4. The Bertz CT molecular complexity index is 1150. The second kappa shape index (κ2) is 8.21. The zero-order chi connectivity index (χ0) is 20.4. The Labute approximate surface area is 178 Å². The van der Waals surface area contributed by atoms with Gasteiger partial charge in [-0.25, -0.2) is 4.98 Å². The van der Waals surface area contributed by atoms with Gasteiger partial charge in [0.2, 0.25) is 0 Å². The van der Waals surface area contributed by atoms with Gasteiger partial charge >= 0.3 is 0 Å². The maximum atomic E-state index is 12.7. The van der Waals surface area contributed by atoms with Crippen molar-refractivity contribution in [3.05, 3.63) is 99.8 Å². The molecule has 0 fully saturated rings. The largest absolute Gasteiger partial charge is 0.342 e. The first-order chi connectivity index (χ1) is 14.0. The number of aryl methyl sites for hydroxylation is 1. The second-order valence-corrected chi connectivity index (χ2v) is 8.15. The molecule has 1 heterocycles. The van der Waals surface area contributed by atoms with E-state index < -0.39 is 0 Å². The van der Waals surface area contributed by atoms with Gasteiger partial charge in [-0.05, 0) is 55.8 Å². The van der Waals surface area contributed by atoms with Crippen LogP contribution in [0.3, 0.4) is 0 Å². The van der Waals surface area contributed by atoms with Crippen molar-refractivity contribution in [3.8, 4) is 0 Å². The fourth-order valence-electron chi connectivity index (χ4n) is 3.41. The summed E-state index contributed by atoms with van der Waals surface area (Å²) in [5.41, 5.74) is 4.94. The number of carbonyl (C=O) groups excluding carboxylic acids is 1. The minimum atomic E-state index is -0.230. The molecule has 0 aliphatic carbocycles. The van der Waals surface area contributed by atoms with Gasteiger partial charge in [-0.1, -0.05) is 57.9 Å². The molecule has 29 heavy (non-hydrogen) atoms. The normalized spacial score (nSPS) is 12.1. The summed E-state index contributed by atoms with van der Waals surface area (Å²) in [5, 5.41) is 3.10. The summed E-state index contributed by atoms with van der Waals surface area (Å²) in [7, 11) is 0. The number of aromatic nitrogens is 2. The number of para-hydroxylation sites is 2. The molecular weight excluding hydrogens is 426 g/mol. The number of nitrogens with one attached hydrogen (secondary N) is 1. The number of halogens is 1. The Morgan fingerprint density at radius 3 is 2.45 bits per heavy atom. The van der Waals surface area contributed by atoms with E-state index in [2.05, 4.69) is 44.0 Å². The third-order valence-electron chi connectivity index (χ3n) is 4.99. The average molecular weight is 448 g/mol. The molecule has 0 spiro atoms. The smallest absolute Gasteiger partial charge is 0.251 e. The first kappa shape index (κ1) is 19.4. The summed E-state index contributed by atoms with van der Waals surface area (Å²) in [6.07, 6.45) is 0. The van der Waals surface area contributed by atoms with E-state index in [1.54, 1.807) is 0 Å². The number of hydrogen-bond acceptors (Lipinski definition) is 2. The highest BCUT2D eigenvalue weighted by Gasteiger charge is 2.19. The van der Waals surface area contributed by atoms with Crippen LogP contribution in [0.25, 0.3) is 11.0 Å². The van der Waals surface area contributed by atoms with Gasteiger partial charge in [0.1, 0.15) is 5.82 Å². The van der Waals surface area contributed by atoms with Gasteiger partial charge in [0, 0.05) is 16.6 Å². The lowest BCUT2D eigenvalue weighted by Gasteiger charge is -2.17. The molecule has 0 saturated carbocycles. The summed E-state index contributed by atoms with van der Waals surface area (Å²) >= 11 is 3.49. The minimum absolute atomic E-state index is 0.0975. The Morgan fingerprint density at radius 2 is 1.72 bits per heavy atom. The van der Waals surface area contributed by atoms with Crippen LogP contribution in [0, 0.1) is 6.92 Å². The number of benzene rings is 3. The molecule has 1 N–H and O–H groups in total. The summed E-state index contributed by atoms with van der Waals surface area (Å²) < 4.78 is 3.23. The molecule has 0 aliphatic heterocycles. The zero-order valence-corrected chi connectivity index (χ0v) is 18.0. The minimum Gasteiger partial charge on any atom is -0.342 e. The Hall–Kier alpha value is -2.92. The van der Waals surface area contributed by atoms with E-state index in [9.17, 15) is 4.79 Å². The molecule has 146 valence electrons. The van der Waals surface area contributed by atoms with Gasteiger partial charge in [-0.3, -0.25) is 4.79 Å². The van der Waals surface area contributed by atoms with E-state index in [1.807, 2.05) is 68.4 Å². The van der Waals surface area contributed by atoms with Crippen molar-refractivity contribution < 1.29 is 4.79 Å². The highest BCUT2D eigenvalue weighted by molar-refractivity contribution is 9.10. The topological polar surface area (TPSA) is 46.9 Å². The predicted molar refractivity (Wildman–Crippen MR) is 120 cm³/mol. The van der Waals surface area contributed by atoms with Crippen molar-refractivity contribution in [2.45, 2.75) is 26.4 Å². The molecule has 0 radical (unpaired) electrons. The van der Waals surface area contributed by atoms with E-state index in [0.717, 1.165) is 26.9 Å². The van der Waals surface area contributed by atoms with Crippen LogP contribution in [-0.4, -0.2) is 15.5 Å². The van der Waals surface area contributed by atoms with Crippen LogP contribution in [0.15, 0.2) is 77.3 Å². The van der Waals surface area contributed by atoms with Crippen molar-refractivity contribution in [1.29, 1.82) is 0 Å². The van der Waals surface area contributed by atoms with Crippen LogP contribution in [0.1, 0.15) is 40.3 Å². The fraction of sp³-hybridized carbons (Fsp3) is 0.167. The van der Waals surface area contributed by atoms with Crippen LogP contribution < -0.4 is 5.32 Å². The summed E-state index contributed by atoms with van der Waals surface area (Å²) in [6.45, 7) is 4.67. The summed E-state index contributed by atoms with van der Waals surface area (Å²) in [6, 6.07) is 23.7. The lowest BCUT2D eigenvalue weighted by Crippen LogP contribution is -2.28. The highest BCUT2D eigenvalue weighted by atomic mass is 79.9. The third kappa shape index (κ3) is 4.25. The second-order valence-electron chi connectivity index (χ2n) is 7.23. The number of amides is 1. The molecule has 4 rings (SSSR count). The number of hydrogen-bond donors (Lipinski definition) is 1. The van der Waals surface area contributed by atoms with E-state index in [4.69, 9.17) is 4.98 Å². The van der Waals surface area contributed by atoms with E-state index >= 15 is 0 Å². The molecular formula is C24H22BrN3O. The van der Waals surface area contributed by atoms with Gasteiger partial charge in [0.15, 0.2) is 0 Å². The lowest BCUT2D eigenvalue weighted by atomic mass is 10.1. The van der Waals surface area contributed by atoms with Crippen molar-refractivity contribution in [3.63, 3.8) is 0 Å². The fourth-order valence-corrected chi connectivity index (χ4v) is 3.68. The van der Waals surface area contributed by atoms with E-state index in [-0.39, 0.29) is 11.9 Å². The predicted octanol–water partition coefficient (Wildman–Crippen LogP) is 5.65. The number of rotatable bonds is 5. The molecule has 1 aromatic heterocycles. The van der Waals surface area contributed by atoms with Crippen molar-refractivity contribution in [2.75, 3.05) is 0 Å². The number of nitrogens with zero attached hydrogens (tertiary/aromatic N) is 2. The Morgan fingerprint density at radius 1 is 1.03 bits per heavy atom. The van der Waals surface area contributed by atoms with Crippen molar-refractivity contribution in [2.24, 2.45) is 0 Å². The lowest BCUT2D eigenvalue weighted by molar-refractivity contribution is 0.0938. The van der Waals surface area contributed by atoms with Crippen LogP contribution in [0.4, 0.5) is 0 Å². The molecule has 0 bridgehead atoms. The SMILES string of the molecule is Cc1ccc(C(=O)NC(C)c2nc3ccccc3n2Cc2ccc(Br)cc2)cc1. The first-order valence-electron chi connectivity index (χ1n) is 9.58. The molecule has 4 nitrogen and oxygen atoms in total. The maximum absolute atomic E-state index is 12.7. The molecule has 5 heteroatoms. The highest BCUT2D eigenvalue weighted by Crippen LogP contribution is 2.23. The van der Waals surface area contributed by atoms with Gasteiger partial charge in [-0.2, -0.15) is 0 Å². The van der Waals surface area contributed by atoms with Crippen molar-refractivity contribution >= 4 is 32.9 Å². The molecule has 0 saturated heterocycles. The molecule has 3 aromatic carbocycles. The van der Waals surface area contributed by atoms with Gasteiger partial charge in [0.25, 0.3) is 5.91 Å². The Kier molecular flexibility index (Phi) is 5.49. The summed E-state index contributed by atoms with van der Waals surface area (Å²) in [5.74, 6) is 0.745. The quantitative estimate of drug-likeness (QED) is 0.429. The van der Waals surface area contributed by atoms with Crippen LogP contribution in [0.2, 0.25) is 0 Å². The van der Waals surface area contributed by atoms with Crippen LogP contribution >= 0.6 is 15.9 Å². The van der Waals surface area contributed by atoms with Gasteiger partial charge in [0.05, 0.1) is 17.1 Å².